The summed E-state index contributed by atoms with van der Waals surface area (Å²) < 4.78 is 10.3. The molecule has 0 fully saturated rings. The van der Waals surface area contributed by atoms with E-state index in [4.69, 9.17) is 32.7 Å². The predicted octanol–water partition coefficient (Wildman–Crippen LogP) is 2.84. The first-order valence-electron chi connectivity index (χ1n) is 8.74. The van der Waals surface area contributed by atoms with Crippen LogP contribution in [0.2, 0.25) is 10.0 Å². The molecule has 2 N–H and O–H groups in total. The molecule has 3 amide bonds. The molecule has 0 aliphatic rings. The summed E-state index contributed by atoms with van der Waals surface area (Å²) in [5.74, 6) is -0.438. The molecule has 8 nitrogen and oxygen atoms in total. The Hall–Kier alpha value is -2.97. The molecule has 2 rings (SSSR count). The van der Waals surface area contributed by atoms with E-state index in [0.717, 1.165) is 0 Å². The molecule has 0 spiro atoms. The van der Waals surface area contributed by atoms with Crippen LogP contribution in [0.25, 0.3) is 0 Å². The third kappa shape index (κ3) is 6.27. The minimum atomic E-state index is -0.460. The standard InChI is InChI=1S/C20H21Cl2N3O5/c1-25(11-18(26)24-13-5-6-14(21)15(22)9-13)19(27)10-23-20(28)12-4-7-16(29-2)17(8-12)30-3/h4-9H,10-11H2,1-3H3,(H,23,28)(H,24,26). The maximum absolute atomic E-state index is 12.3. The Bertz CT molecular complexity index is 952. The summed E-state index contributed by atoms with van der Waals surface area (Å²) in [7, 11) is 4.41. The van der Waals surface area contributed by atoms with Crippen molar-refractivity contribution >= 4 is 46.6 Å². The molecule has 0 saturated carbocycles. The molecule has 0 aliphatic heterocycles. The number of nitrogens with zero attached hydrogens (tertiary/aromatic N) is 1. The van der Waals surface area contributed by atoms with Crippen LogP contribution in [-0.2, 0) is 9.59 Å². The van der Waals surface area contributed by atoms with Gasteiger partial charge in [0.1, 0.15) is 0 Å². The fourth-order valence-corrected chi connectivity index (χ4v) is 2.75. The average molecular weight is 454 g/mol. The Labute approximate surface area is 184 Å². The highest BCUT2D eigenvalue weighted by Gasteiger charge is 2.16. The predicted molar refractivity (Wildman–Crippen MR) is 115 cm³/mol. The van der Waals surface area contributed by atoms with E-state index in [-0.39, 0.29) is 13.1 Å². The lowest BCUT2D eigenvalue weighted by Gasteiger charge is -2.17. The van der Waals surface area contributed by atoms with Crippen molar-refractivity contribution in [1.29, 1.82) is 0 Å². The molecule has 30 heavy (non-hydrogen) atoms. The third-order valence-electron chi connectivity index (χ3n) is 4.06. The van der Waals surface area contributed by atoms with Gasteiger partial charge in [0.2, 0.25) is 11.8 Å². The Morgan fingerprint density at radius 2 is 1.67 bits per heavy atom. The second kappa shape index (κ2) is 10.7. The van der Waals surface area contributed by atoms with Crippen molar-refractivity contribution in [2.24, 2.45) is 0 Å². The fraction of sp³-hybridized carbons (Fsp3) is 0.250. The summed E-state index contributed by atoms with van der Waals surface area (Å²) in [4.78, 5) is 37.8. The highest BCUT2D eigenvalue weighted by atomic mass is 35.5. The summed E-state index contributed by atoms with van der Waals surface area (Å²) in [6.45, 7) is -0.477. The van der Waals surface area contributed by atoms with Crippen LogP contribution in [0.5, 0.6) is 11.5 Å². The lowest BCUT2D eigenvalue weighted by atomic mass is 10.2. The molecule has 0 bridgehead atoms. The highest BCUT2D eigenvalue weighted by Crippen LogP contribution is 2.27. The van der Waals surface area contributed by atoms with Crippen molar-refractivity contribution in [3.8, 4) is 11.5 Å². The van der Waals surface area contributed by atoms with Crippen LogP contribution >= 0.6 is 23.2 Å². The minimum absolute atomic E-state index is 0.203. The largest absolute Gasteiger partial charge is 0.493 e. The summed E-state index contributed by atoms with van der Waals surface area (Å²) in [5.41, 5.74) is 0.762. The minimum Gasteiger partial charge on any atom is -0.493 e. The second-order valence-electron chi connectivity index (χ2n) is 6.18. The van der Waals surface area contributed by atoms with Crippen LogP contribution in [0, 0.1) is 0 Å². The molecule has 0 saturated heterocycles. The first-order chi connectivity index (χ1) is 14.2. The Morgan fingerprint density at radius 1 is 0.967 bits per heavy atom. The van der Waals surface area contributed by atoms with Gasteiger partial charge >= 0.3 is 0 Å². The summed E-state index contributed by atoms with van der Waals surface area (Å²) >= 11 is 11.7. The van der Waals surface area contributed by atoms with E-state index < -0.39 is 17.7 Å². The van der Waals surface area contributed by atoms with E-state index in [9.17, 15) is 14.4 Å². The van der Waals surface area contributed by atoms with E-state index in [0.29, 0.717) is 32.8 Å². The number of hydrogen-bond acceptors (Lipinski definition) is 5. The van der Waals surface area contributed by atoms with Gasteiger partial charge in [0.05, 0.1) is 37.4 Å². The van der Waals surface area contributed by atoms with E-state index in [2.05, 4.69) is 10.6 Å². The smallest absolute Gasteiger partial charge is 0.251 e. The van der Waals surface area contributed by atoms with Gasteiger partial charge in [0.15, 0.2) is 11.5 Å². The number of amides is 3. The quantitative estimate of drug-likeness (QED) is 0.640. The number of ether oxygens (including phenoxy) is 2. The molecule has 0 aromatic heterocycles. The van der Waals surface area contributed by atoms with Crippen molar-refractivity contribution in [3.63, 3.8) is 0 Å². The number of nitrogens with one attached hydrogen (secondary N) is 2. The van der Waals surface area contributed by atoms with Gasteiger partial charge in [0.25, 0.3) is 5.91 Å². The molecular formula is C20H21Cl2N3O5. The van der Waals surface area contributed by atoms with Crippen LogP contribution in [0.3, 0.4) is 0 Å². The van der Waals surface area contributed by atoms with Crippen LogP contribution in [0.15, 0.2) is 36.4 Å². The van der Waals surface area contributed by atoms with Crippen LogP contribution < -0.4 is 20.1 Å². The fourth-order valence-electron chi connectivity index (χ4n) is 2.45. The Balaban J connectivity index is 1.87. The number of rotatable bonds is 8. The van der Waals surface area contributed by atoms with Crippen LogP contribution in [0.1, 0.15) is 10.4 Å². The summed E-state index contributed by atoms with van der Waals surface area (Å²) in [6, 6.07) is 9.31. The molecular weight excluding hydrogens is 433 g/mol. The number of halogens is 2. The van der Waals surface area contributed by atoms with E-state index >= 15 is 0 Å². The van der Waals surface area contributed by atoms with E-state index in [1.54, 1.807) is 24.3 Å². The molecule has 0 aliphatic carbocycles. The number of anilines is 1. The van der Waals surface area contributed by atoms with Crippen molar-refractivity contribution < 1.29 is 23.9 Å². The molecule has 2 aromatic rings. The number of likely N-dealkylation sites (N-methyl/N-ethyl adjacent to an activating group) is 1. The van der Waals surface area contributed by atoms with Crippen LogP contribution in [0.4, 0.5) is 5.69 Å². The number of hydrogen-bond donors (Lipinski definition) is 2. The van der Waals surface area contributed by atoms with Crippen molar-refractivity contribution in [3.05, 3.63) is 52.0 Å². The number of benzene rings is 2. The van der Waals surface area contributed by atoms with Gasteiger partial charge in [-0.05, 0) is 36.4 Å². The zero-order chi connectivity index (χ0) is 22.3. The van der Waals surface area contributed by atoms with Gasteiger partial charge in [0, 0.05) is 18.3 Å². The molecule has 0 heterocycles. The summed E-state index contributed by atoms with van der Waals surface area (Å²) in [5, 5.41) is 5.81. The Morgan fingerprint density at radius 3 is 2.30 bits per heavy atom. The third-order valence-corrected chi connectivity index (χ3v) is 4.79. The lowest BCUT2D eigenvalue weighted by molar-refractivity contribution is -0.132. The van der Waals surface area contributed by atoms with E-state index in [1.807, 2.05) is 0 Å². The number of carbonyl (C=O) groups excluding carboxylic acids is 3. The maximum atomic E-state index is 12.3. The SMILES string of the molecule is COc1ccc(C(=O)NCC(=O)N(C)CC(=O)Nc2ccc(Cl)c(Cl)c2)cc1OC. The molecule has 0 atom stereocenters. The first-order valence-corrected chi connectivity index (χ1v) is 9.49. The van der Waals surface area contributed by atoms with Gasteiger partial charge in [-0.15, -0.1) is 0 Å². The zero-order valence-corrected chi connectivity index (χ0v) is 18.1. The average Bonchev–Trinajstić information content (AvgIpc) is 2.73. The van der Waals surface area contributed by atoms with Gasteiger partial charge in [-0.3, -0.25) is 14.4 Å². The maximum Gasteiger partial charge on any atom is 0.251 e. The van der Waals surface area contributed by atoms with Crippen molar-refractivity contribution in [1.82, 2.24) is 10.2 Å². The molecule has 0 radical (unpaired) electrons. The second-order valence-corrected chi connectivity index (χ2v) is 6.99. The zero-order valence-electron chi connectivity index (χ0n) is 16.6. The van der Waals surface area contributed by atoms with Crippen molar-refractivity contribution in [2.45, 2.75) is 0 Å². The molecule has 0 unspecified atom stereocenters. The highest BCUT2D eigenvalue weighted by molar-refractivity contribution is 6.42. The Kier molecular flexibility index (Phi) is 8.32. The normalized spacial score (nSPS) is 10.2. The molecule has 2 aromatic carbocycles. The first kappa shape index (κ1) is 23.3. The van der Waals surface area contributed by atoms with Crippen molar-refractivity contribution in [2.75, 3.05) is 39.7 Å². The summed E-state index contributed by atoms with van der Waals surface area (Å²) in [6.07, 6.45) is 0. The topological polar surface area (TPSA) is 97.0 Å². The monoisotopic (exact) mass is 453 g/mol. The van der Waals surface area contributed by atoms with Crippen LogP contribution in [-0.4, -0.2) is 57.0 Å². The number of carbonyl (C=O) groups is 3. The van der Waals surface area contributed by atoms with Gasteiger partial charge < -0.3 is 25.0 Å². The van der Waals surface area contributed by atoms with E-state index in [1.165, 1.54) is 38.3 Å². The van der Waals surface area contributed by atoms with Gasteiger partial charge in [-0.2, -0.15) is 0 Å². The lowest BCUT2D eigenvalue weighted by Crippen LogP contribution is -2.41. The molecule has 160 valence electrons. The molecule has 10 heteroatoms. The van der Waals surface area contributed by atoms with Gasteiger partial charge in [-0.25, -0.2) is 0 Å². The van der Waals surface area contributed by atoms with Gasteiger partial charge in [-0.1, -0.05) is 23.2 Å². The number of methoxy groups -OCH3 is 2.